The van der Waals surface area contributed by atoms with Crippen LogP contribution in [-0.2, 0) is 6.42 Å². The summed E-state index contributed by atoms with van der Waals surface area (Å²) in [6, 6.07) is 30.2. The van der Waals surface area contributed by atoms with E-state index < -0.39 is 0 Å². The summed E-state index contributed by atoms with van der Waals surface area (Å²) < 4.78 is 6.11. The first-order chi connectivity index (χ1) is 14.3. The van der Waals surface area contributed by atoms with Crippen LogP contribution in [-0.4, -0.2) is 0 Å². The summed E-state index contributed by atoms with van der Waals surface area (Å²) in [5.74, 6) is 0. The van der Waals surface area contributed by atoms with Crippen LogP contribution >= 0.6 is 0 Å². The average Bonchev–Trinajstić information content (AvgIpc) is 2.77. The molecule has 0 spiro atoms. The van der Waals surface area contributed by atoms with Gasteiger partial charge in [-0.2, -0.15) is 0 Å². The van der Waals surface area contributed by atoms with Crippen molar-refractivity contribution in [3.8, 4) is 0 Å². The highest BCUT2D eigenvalue weighted by molar-refractivity contribution is 5.93. The van der Waals surface area contributed by atoms with Crippen molar-refractivity contribution in [3.05, 3.63) is 112 Å². The largest absolute Gasteiger partial charge is 0.456 e. The molecule has 138 valence electrons. The minimum atomic E-state index is 0.00726. The van der Waals surface area contributed by atoms with Gasteiger partial charge in [0.15, 0.2) is 0 Å². The van der Waals surface area contributed by atoms with Crippen molar-refractivity contribution < 1.29 is 4.42 Å². The summed E-state index contributed by atoms with van der Waals surface area (Å²) in [5.41, 5.74) is 7.09. The van der Waals surface area contributed by atoms with Gasteiger partial charge in [0.05, 0.1) is 10.8 Å². The van der Waals surface area contributed by atoms with E-state index in [9.17, 15) is 4.79 Å². The van der Waals surface area contributed by atoms with Crippen LogP contribution in [0, 0.1) is 0 Å². The summed E-state index contributed by atoms with van der Waals surface area (Å²) in [4.78, 5) is 15.2. The highest BCUT2D eigenvalue weighted by Gasteiger charge is 2.24. The number of anilines is 3. The monoisotopic (exact) mass is 375 g/mol. The molecule has 0 N–H and O–H groups in total. The molecule has 3 heteroatoms. The molecule has 0 aliphatic carbocycles. The third kappa shape index (κ3) is 2.41. The van der Waals surface area contributed by atoms with Gasteiger partial charge in [-0.1, -0.05) is 48.5 Å². The second kappa shape index (κ2) is 6.08. The predicted molar refractivity (Wildman–Crippen MR) is 117 cm³/mol. The third-order valence-electron chi connectivity index (χ3n) is 5.67. The lowest BCUT2D eigenvalue weighted by atomic mass is 9.95. The number of nitrogens with zero attached hydrogens (tertiary/aromatic N) is 1. The second-order valence-electron chi connectivity index (χ2n) is 7.38. The van der Waals surface area contributed by atoms with Crippen LogP contribution in [0.25, 0.3) is 21.9 Å². The number of hydrogen-bond acceptors (Lipinski definition) is 3. The fourth-order valence-electron chi connectivity index (χ4n) is 4.30. The Morgan fingerprint density at radius 2 is 1.28 bits per heavy atom. The Balaban J connectivity index is 1.63. The van der Waals surface area contributed by atoms with Gasteiger partial charge in [-0.3, -0.25) is 4.79 Å². The smallest absolute Gasteiger partial charge is 0.200 e. The molecule has 4 aromatic carbocycles. The van der Waals surface area contributed by atoms with Gasteiger partial charge in [-0.15, -0.1) is 0 Å². The molecule has 0 unspecified atom stereocenters. The zero-order valence-corrected chi connectivity index (χ0v) is 15.6. The summed E-state index contributed by atoms with van der Waals surface area (Å²) in [6.45, 7) is 0. The Morgan fingerprint density at radius 3 is 2.03 bits per heavy atom. The quantitative estimate of drug-likeness (QED) is 0.315. The SMILES string of the molecule is O=c1c2ccccc2oc2cc(N3c4ccccc4Cc4ccccc43)ccc12. The summed E-state index contributed by atoms with van der Waals surface area (Å²) in [6.07, 6.45) is 0.913. The van der Waals surface area contributed by atoms with E-state index in [0.717, 1.165) is 23.5 Å². The van der Waals surface area contributed by atoms with Gasteiger partial charge in [0, 0.05) is 29.5 Å². The minimum absolute atomic E-state index is 0.00726. The molecule has 29 heavy (non-hydrogen) atoms. The van der Waals surface area contributed by atoms with Crippen LogP contribution in [0.2, 0.25) is 0 Å². The topological polar surface area (TPSA) is 33.5 Å². The van der Waals surface area contributed by atoms with E-state index in [4.69, 9.17) is 4.42 Å². The molecule has 0 bridgehead atoms. The van der Waals surface area contributed by atoms with Crippen LogP contribution in [0.4, 0.5) is 17.1 Å². The lowest BCUT2D eigenvalue weighted by Crippen LogP contribution is -2.18. The molecule has 0 saturated heterocycles. The first-order valence-electron chi connectivity index (χ1n) is 9.71. The first-order valence-corrected chi connectivity index (χ1v) is 9.71. The standard InChI is InChI=1S/C26H17NO2/c28-26-20-9-3-6-12-24(20)29-25-16-19(13-14-21(25)26)27-22-10-4-1-7-17(22)15-18-8-2-5-11-23(18)27/h1-14,16H,15H2. The van der Waals surface area contributed by atoms with E-state index in [-0.39, 0.29) is 5.43 Å². The van der Waals surface area contributed by atoms with Crippen LogP contribution in [0.5, 0.6) is 0 Å². The van der Waals surface area contributed by atoms with E-state index in [1.807, 2.05) is 42.5 Å². The fraction of sp³-hybridized carbons (Fsp3) is 0.0385. The molecular weight excluding hydrogens is 358 g/mol. The molecule has 6 rings (SSSR count). The number of para-hydroxylation sites is 3. The maximum Gasteiger partial charge on any atom is 0.200 e. The van der Waals surface area contributed by atoms with Gasteiger partial charge < -0.3 is 9.32 Å². The molecule has 0 fully saturated rings. The van der Waals surface area contributed by atoms with E-state index in [1.54, 1.807) is 0 Å². The molecular formula is C26H17NO2. The van der Waals surface area contributed by atoms with Gasteiger partial charge in [0.25, 0.3) is 0 Å². The molecule has 0 atom stereocenters. The van der Waals surface area contributed by atoms with Crippen molar-refractivity contribution in [2.24, 2.45) is 0 Å². The Morgan fingerprint density at radius 1 is 0.655 bits per heavy atom. The van der Waals surface area contributed by atoms with E-state index >= 15 is 0 Å². The highest BCUT2D eigenvalue weighted by Crippen LogP contribution is 2.44. The van der Waals surface area contributed by atoms with Gasteiger partial charge in [0.2, 0.25) is 5.43 Å². The van der Waals surface area contributed by atoms with Crippen LogP contribution < -0.4 is 10.3 Å². The molecule has 2 heterocycles. The van der Waals surface area contributed by atoms with Crippen LogP contribution in [0.3, 0.4) is 0 Å². The lowest BCUT2D eigenvalue weighted by Gasteiger charge is -2.33. The van der Waals surface area contributed by atoms with Gasteiger partial charge in [-0.05, 0) is 47.5 Å². The first kappa shape index (κ1) is 16.1. The Kier molecular flexibility index (Phi) is 3.38. The maximum atomic E-state index is 12.9. The van der Waals surface area contributed by atoms with Gasteiger partial charge >= 0.3 is 0 Å². The summed E-state index contributed by atoms with van der Waals surface area (Å²) in [7, 11) is 0. The summed E-state index contributed by atoms with van der Waals surface area (Å²) in [5, 5.41) is 1.22. The van der Waals surface area contributed by atoms with Crippen molar-refractivity contribution in [1.29, 1.82) is 0 Å². The predicted octanol–water partition coefficient (Wildman–Crippen LogP) is 6.32. The third-order valence-corrected chi connectivity index (χ3v) is 5.67. The second-order valence-corrected chi connectivity index (χ2v) is 7.38. The molecule has 0 radical (unpaired) electrons. The molecule has 0 amide bonds. The van der Waals surface area contributed by atoms with Crippen molar-refractivity contribution in [2.45, 2.75) is 6.42 Å². The molecule has 5 aromatic rings. The molecule has 1 aromatic heterocycles. The van der Waals surface area contributed by atoms with Crippen molar-refractivity contribution >= 4 is 39.0 Å². The lowest BCUT2D eigenvalue weighted by molar-refractivity contribution is 0.660. The summed E-state index contributed by atoms with van der Waals surface area (Å²) >= 11 is 0. The highest BCUT2D eigenvalue weighted by atomic mass is 16.3. The number of hydrogen-bond donors (Lipinski definition) is 0. The number of fused-ring (bicyclic) bond motifs is 4. The minimum Gasteiger partial charge on any atom is -0.456 e. The average molecular weight is 375 g/mol. The number of benzene rings is 4. The zero-order chi connectivity index (χ0) is 19.4. The number of rotatable bonds is 1. The Labute approximate surface area is 167 Å². The maximum absolute atomic E-state index is 12.9. The van der Waals surface area contributed by atoms with Crippen LogP contribution in [0.1, 0.15) is 11.1 Å². The van der Waals surface area contributed by atoms with Gasteiger partial charge in [-0.25, -0.2) is 0 Å². The normalized spacial score (nSPS) is 12.8. The van der Waals surface area contributed by atoms with E-state index in [2.05, 4.69) is 53.4 Å². The molecule has 1 aliphatic heterocycles. The fourth-order valence-corrected chi connectivity index (χ4v) is 4.30. The van der Waals surface area contributed by atoms with E-state index in [0.29, 0.717) is 21.9 Å². The van der Waals surface area contributed by atoms with E-state index in [1.165, 1.54) is 11.1 Å². The van der Waals surface area contributed by atoms with Gasteiger partial charge in [0.1, 0.15) is 11.2 Å². The van der Waals surface area contributed by atoms with Crippen molar-refractivity contribution in [1.82, 2.24) is 0 Å². The van der Waals surface area contributed by atoms with Crippen molar-refractivity contribution in [2.75, 3.05) is 4.90 Å². The Bertz CT molecular complexity index is 1420. The molecule has 1 aliphatic rings. The molecule has 3 nitrogen and oxygen atoms in total. The zero-order valence-electron chi connectivity index (χ0n) is 15.6. The van der Waals surface area contributed by atoms with Crippen LogP contribution in [0.15, 0.2) is 100 Å². The molecule has 0 saturated carbocycles. The Hall–Kier alpha value is -3.85. The van der Waals surface area contributed by atoms with Crippen molar-refractivity contribution in [3.63, 3.8) is 0 Å².